The minimum absolute atomic E-state index is 0.221. The zero-order chi connectivity index (χ0) is 14.4. The molecule has 0 amide bonds. The lowest BCUT2D eigenvalue weighted by molar-refractivity contribution is 0.231. The number of nitrogens with zero attached hydrogens (tertiary/aromatic N) is 1. The van der Waals surface area contributed by atoms with Gasteiger partial charge >= 0.3 is 0 Å². The number of hydrogen-bond donors (Lipinski definition) is 1. The topological polar surface area (TPSA) is 49.4 Å². The van der Waals surface area contributed by atoms with E-state index in [2.05, 4.69) is 19.2 Å². The second-order valence-electron chi connectivity index (χ2n) is 7.49. The summed E-state index contributed by atoms with van der Waals surface area (Å²) in [5.74, 6) is 1.75. The zero-order valence-electron chi connectivity index (χ0n) is 12.8. The van der Waals surface area contributed by atoms with Crippen molar-refractivity contribution >= 4 is 10.0 Å². The summed E-state index contributed by atoms with van der Waals surface area (Å²) in [4.78, 5) is 0. The van der Waals surface area contributed by atoms with Crippen molar-refractivity contribution in [1.82, 2.24) is 9.62 Å². The smallest absolute Gasteiger partial charge is 0.214 e. The third kappa shape index (κ3) is 2.53. The molecule has 1 aliphatic carbocycles. The first-order valence-corrected chi connectivity index (χ1v) is 9.73. The predicted octanol–water partition coefficient (Wildman–Crippen LogP) is 1.83. The standard InChI is InChI=1S/C15H28N2O2S/c1-15(2)14-9-16-8-13(14)10-17(15)20(18,19)11-12-6-4-3-5-7-12/h12-14,16H,3-11H2,1-2H3. The minimum atomic E-state index is -3.10. The molecular formula is C15H28N2O2S. The second kappa shape index (κ2) is 5.25. The Balaban J connectivity index is 1.74. The van der Waals surface area contributed by atoms with Crippen molar-refractivity contribution in [2.45, 2.75) is 51.5 Å². The fourth-order valence-electron chi connectivity index (χ4n) is 4.60. The maximum atomic E-state index is 12.9. The molecule has 116 valence electrons. The van der Waals surface area contributed by atoms with Crippen LogP contribution in [0.3, 0.4) is 0 Å². The zero-order valence-corrected chi connectivity index (χ0v) is 13.6. The first kappa shape index (κ1) is 14.8. The fourth-order valence-corrected chi connectivity index (χ4v) is 6.98. The molecule has 0 bridgehead atoms. The van der Waals surface area contributed by atoms with E-state index in [-0.39, 0.29) is 5.54 Å². The highest BCUT2D eigenvalue weighted by molar-refractivity contribution is 7.89. The van der Waals surface area contributed by atoms with Crippen LogP contribution in [-0.2, 0) is 10.0 Å². The minimum Gasteiger partial charge on any atom is -0.316 e. The Kier molecular flexibility index (Phi) is 3.89. The molecule has 2 aliphatic heterocycles. The van der Waals surface area contributed by atoms with Gasteiger partial charge in [-0.05, 0) is 51.0 Å². The Hall–Kier alpha value is -0.130. The van der Waals surface area contributed by atoms with Gasteiger partial charge in [0.2, 0.25) is 10.0 Å². The van der Waals surface area contributed by atoms with Gasteiger partial charge in [0.1, 0.15) is 0 Å². The highest BCUT2D eigenvalue weighted by atomic mass is 32.2. The summed E-state index contributed by atoms with van der Waals surface area (Å²) in [5, 5.41) is 3.41. The predicted molar refractivity (Wildman–Crippen MR) is 81.0 cm³/mol. The lowest BCUT2D eigenvalue weighted by Gasteiger charge is -2.36. The molecular weight excluding hydrogens is 272 g/mol. The molecule has 3 rings (SSSR count). The molecule has 4 nitrogen and oxygen atoms in total. The van der Waals surface area contributed by atoms with E-state index in [9.17, 15) is 8.42 Å². The van der Waals surface area contributed by atoms with E-state index in [1.54, 1.807) is 0 Å². The van der Waals surface area contributed by atoms with Gasteiger partial charge in [-0.2, -0.15) is 4.31 Å². The number of nitrogens with one attached hydrogen (secondary N) is 1. The molecule has 1 saturated carbocycles. The van der Waals surface area contributed by atoms with Crippen molar-refractivity contribution in [3.8, 4) is 0 Å². The molecule has 2 saturated heterocycles. The van der Waals surface area contributed by atoms with E-state index < -0.39 is 10.0 Å². The summed E-state index contributed by atoms with van der Waals surface area (Å²) >= 11 is 0. The fraction of sp³-hybridized carbons (Fsp3) is 1.00. The summed E-state index contributed by atoms with van der Waals surface area (Å²) in [6, 6.07) is 0. The Labute approximate surface area is 123 Å². The van der Waals surface area contributed by atoms with Crippen LogP contribution in [0.1, 0.15) is 46.0 Å². The van der Waals surface area contributed by atoms with E-state index in [1.807, 2.05) is 4.31 Å². The molecule has 0 spiro atoms. The molecule has 0 aromatic heterocycles. The van der Waals surface area contributed by atoms with Gasteiger partial charge in [0.05, 0.1) is 5.75 Å². The van der Waals surface area contributed by atoms with Gasteiger partial charge in [-0.25, -0.2) is 8.42 Å². The summed E-state index contributed by atoms with van der Waals surface area (Å²) < 4.78 is 27.5. The third-order valence-electron chi connectivity index (χ3n) is 5.80. The molecule has 5 heteroatoms. The van der Waals surface area contributed by atoms with Gasteiger partial charge in [0, 0.05) is 18.6 Å². The van der Waals surface area contributed by atoms with Crippen LogP contribution in [0.5, 0.6) is 0 Å². The Bertz CT molecular complexity index is 454. The highest BCUT2D eigenvalue weighted by Gasteiger charge is 2.53. The van der Waals surface area contributed by atoms with Crippen LogP contribution in [0.4, 0.5) is 0 Å². The van der Waals surface area contributed by atoms with Crippen LogP contribution in [-0.4, -0.2) is 43.6 Å². The maximum absolute atomic E-state index is 12.9. The van der Waals surface area contributed by atoms with Gasteiger partial charge < -0.3 is 5.32 Å². The van der Waals surface area contributed by atoms with Gasteiger partial charge in [0.25, 0.3) is 0 Å². The molecule has 2 heterocycles. The molecule has 0 aromatic rings. The summed E-state index contributed by atoms with van der Waals surface area (Å²) in [6.45, 7) is 6.89. The first-order chi connectivity index (χ1) is 9.41. The third-order valence-corrected chi connectivity index (χ3v) is 7.98. The molecule has 3 aliphatic rings. The average Bonchev–Trinajstić information content (AvgIpc) is 2.93. The molecule has 3 fully saturated rings. The van der Waals surface area contributed by atoms with Crippen molar-refractivity contribution in [2.24, 2.45) is 17.8 Å². The molecule has 2 atom stereocenters. The van der Waals surface area contributed by atoms with Gasteiger partial charge in [-0.1, -0.05) is 19.3 Å². The van der Waals surface area contributed by atoms with Crippen LogP contribution < -0.4 is 5.32 Å². The van der Waals surface area contributed by atoms with Crippen molar-refractivity contribution in [3.05, 3.63) is 0 Å². The molecule has 2 unspecified atom stereocenters. The number of sulfonamides is 1. The van der Waals surface area contributed by atoms with Crippen LogP contribution in [0.25, 0.3) is 0 Å². The quantitative estimate of drug-likeness (QED) is 0.865. The van der Waals surface area contributed by atoms with Crippen molar-refractivity contribution in [2.75, 3.05) is 25.4 Å². The van der Waals surface area contributed by atoms with Gasteiger partial charge in [0.15, 0.2) is 0 Å². The monoisotopic (exact) mass is 300 g/mol. The van der Waals surface area contributed by atoms with Crippen LogP contribution >= 0.6 is 0 Å². The normalized spacial score (nSPS) is 35.3. The van der Waals surface area contributed by atoms with Crippen LogP contribution in [0, 0.1) is 17.8 Å². The van der Waals surface area contributed by atoms with E-state index in [0.717, 1.165) is 32.5 Å². The summed E-state index contributed by atoms with van der Waals surface area (Å²) in [6.07, 6.45) is 5.89. The van der Waals surface area contributed by atoms with E-state index in [1.165, 1.54) is 19.3 Å². The van der Waals surface area contributed by atoms with E-state index in [0.29, 0.717) is 23.5 Å². The number of rotatable bonds is 3. The molecule has 0 radical (unpaired) electrons. The average molecular weight is 300 g/mol. The van der Waals surface area contributed by atoms with Crippen LogP contribution in [0.15, 0.2) is 0 Å². The van der Waals surface area contributed by atoms with Gasteiger partial charge in [-0.15, -0.1) is 0 Å². The number of fused-ring (bicyclic) bond motifs is 1. The Morgan fingerprint density at radius 2 is 1.85 bits per heavy atom. The maximum Gasteiger partial charge on any atom is 0.214 e. The largest absolute Gasteiger partial charge is 0.316 e. The van der Waals surface area contributed by atoms with Crippen molar-refractivity contribution in [1.29, 1.82) is 0 Å². The second-order valence-corrected chi connectivity index (χ2v) is 9.43. The van der Waals surface area contributed by atoms with Crippen molar-refractivity contribution in [3.63, 3.8) is 0 Å². The molecule has 1 N–H and O–H groups in total. The van der Waals surface area contributed by atoms with Crippen molar-refractivity contribution < 1.29 is 8.42 Å². The highest BCUT2D eigenvalue weighted by Crippen LogP contribution is 2.42. The Morgan fingerprint density at radius 1 is 1.15 bits per heavy atom. The summed E-state index contributed by atoms with van der Waals surface area (Å²) in [5.41, 5.74) is -0.221. The first-order valence-electron chi connectivity index (χ1n) is 8.12. The molecule has 0 aromatic carbocycles. The lowest BCUT2D eigenvalue weighted by Crippen LogP contribution is -2.49. The van der Waals surface area contributed by atoms with E-state index in [4.69, 9.17) is 0 Å². The molecule has 20 heavy (non-hydrogen) atoms. The lowest BCUT2D eigenvalue weighted by atomic mass is 9.85. The number of hydrogen-bond acceptors (Lipinski definition) is 3. The summed E-state index contributed by atoms with van der Waals surface area (Å²) in [7, 11) is -3.10. The SMILES string of the molecule is CC1(C)C2CNCC2CN1S(=O)(=O)CC1CCCCC1. The van der Waals surface area contributed by atoms with Gasteiger partial charge in [-0.3, -0.25) is 0 Å². The van der Waals surface area contributed by atoms with E-state index >= 15 is 0 Å². The Morgan fingerprint density at radius 3 is 2.50 bits per heavy atom. The van der Waals surface area contributed by atoms with Crippen LogP contribution in [0.2, 0.25) is 0 Å².